The minimum atomic E-state index is -4.52. The zero-order valence-corrected chi connectivity index (χ0v) is 21.4. The maximum absolute atomic E-state index is 13.4. The first-order valence-corrected chi connectivity index (χ1v) is 12.7. The van der Waals surface area contributed by atoms with E-state index in [1.807, 2.05) is 0 Å². The minimum Gasteiger partial charge on any atom is -0.494 e. The third-order valence-electron chi connectivity index (χ3n) is 6.56. The van der Waals surface area contributed by atoms with Gasteiger partial charge in [-0.15, -0.1) is 0 Å². The number of carbonyl (C=O) groups excluding carboxylic acids is 1. The molecule has 38 heavy (non-hydrogen) atoms. The van der Waals surface area contributed by atoms with Crippen molar-refractivity contribution in [2.45, 2.75) is 76.7 Å². The van der Waals surface area contributed by atoms with E-state index in [-0.39, 0.29) is 35.7 Å². The summed E-state index contributed by atoms with van der Waals surface area (Å²) in [5.41, 5.74) is -1.83. The highest BCUT2D eigenvalue weighted by Gasteiger charge is 2.31. The molecule has 1 aliphatic rings. The topological polar surface area (TPSA) is 102 Å². The Kier molecular flexibility index (Phi) is 8.05. The number of halogens is 3. The Hall–Kier alpha value is -3.47. The van der Waals surface area contributed by atoms with E-state index in [1.165, 1.54) is 33.6 Å². The number of hydrogen-bond donors (Lipinski definition) is 3. The molecule has 1 fully saturated rings. The summed E-state index contributed by atoms with van der Waals surface area (Å²) in [5, 5.41) is 27.8. The van der Waals surface area contributed by atoms with Crippen LogP contribution in [0.1, 0.15) is 64.0 Å². The molecule has 1 aromatic carbocycles. The first-order chi connectivity index (χ1) is 17.9. The van der Waals surface area contributed by atoms with E-state index in [1.54, 1.807) is 26.1 Å². The molecular formula is C27H33F3N4O4. The fourth-order valence-corrected chi connectivity index (χ4v) is 4.83. The number of amides is 1. The molecule has 8 nitrogen and oxygen atoms in total. The predicted molar refractivity (Wildman–Crippen MR) is 135 cm³/mol. The van der Waals surface area contributed by atoms with Crippen molar-refractivity contribution in [3.8, 4) is 17.4 Å². The van der Waals surface area contributed by atoms with Gasteiger partial charge in [-0.3, -0.25) is 9.48 Å². The molecule has 1 saturated carbocycles. The summed E-state index contributed by atoms with van der Waals surface area (Å²) < 4.78 is 47.8. The van der Waals surface area contributed by atoms with Crippen molar-refractivity contribution in [1.29, 1.82) is 0 Å². The van der Waals surface area contributed by atoms with Crippen LogP contribution < -0.4 is 10.1 Å². The minimum absolute atomic E-state index is 0.0393. The predicted octanol–water partition coefficient (Wildman–Crippen LogP) is 6.12. The Morgan fingerprint density at radius 3 is 2.58 bits per heavy atom. The number of aliphatic hydroxyl groups is 1. The summed E-state index contributed by atoms with van der Waals surface area (Å²) in [6.45, 7) is 3.55. The average Bonchev–Trinajstić information content (AvgIpc) is 3.41. The smallest absolute Gasteiger partial charge is 0.416 e. The second-order valence-electron chi connectivity index (χ2n) is 10.5. The van der Waals surface area contributed by atoms with E-state index in [0.29, 0.717) is 12.2 Å². The SMILES string of the molecule is CC(C)(O)Cn1ccc(NC(=O)[C@H](CC2CCCCC2)n2cc(Oc3cccc(C(F)(F)F)c3)cc2O)n1. The maximum atomic E-state index is 13.4. The van der Waals surface area contributed by atoms with E-state index in [0.717, 1.165) is 44.2 Å². The van der Waals surface area contributed by atoms with Gasteiger partial charge in [0.25, 0.3) is 0 Å². The Morgan fingerprint density at radius 2 is 1.89 bits per heavy atom. The summed E-state index contributed by atoms with van der Waals surface area (Å²) in [7, 11) is 0. The van der Waals surface area contributed by atoms with E-state index in [2.05, 4.69) is 10.4 Å². The van der Waals surface area contributed by atoms with Crippen molar-refractivity contribution in [1.82, 2.24) is 14.3 Å². The van der Waals surface area contributed by atoms with Gasteiger partial charge in [-0.05, 0) is 44.4 Å². The first-order valence-electron chi connectivity index (χ1n) is 12.7. The Balaban J connectivity index is 1.55. The van der Waals surface area contributed by atoms with Crippen LogP contribution >= 0.6 is 0 Å². The van der Waals surface area contributed by atoms with Crippen LogP contribution in [-0.2, 0) is 17.5 Å². The van der Waals surface area contributed by atoms with Gasteiger partial charge in [0.05, 0.1) is 23.9 Å². The number of aromatic hydroxyl groups is 1. The molecule has 11 heteroatoms. The lowest BCUT2D eigenvalue weighted by atomic mass is 9.84. The van der Waals surface area contributed by atoms with Crippen LogP contribution in [0.3, 0.4) is 0 Å². The number of carbonyl (C=O) groups is 1. The highest BCUT2D eigenvalue weighted by Crippen LogP contribution is 2.37. The van der Waals surface area contributed by atoms with Crippen LogP contribution in [0, 0.1) is 5.92 Å². The van der Waals surface area contributed by atoms with Gasteiger partial charge in [-0.25, -0.2) is 0 Å². The van der Waals surface area contributed by atoms with Crippen LogP contribution in [0.4, 0.5) is 19.0 Å². The van der Waals surface area contributed by atoms with Crippen LogP contribution in [0.5, 0.6) is 17.4 Å². The lowest BCUT2D eigenvalue weighted by Crippen LogP contribution is -2.29. The molecule has 4 rings (SSSR count). The van der Waals surface area contributed by atoms with E-state index >= 15 is 0 Å². The highest BCUT2D eigenvalue weighted by atomic mass is 19.4. The molecular weight excluding hydrogens is 501 g/mol. The van der Waals surface area contributed by atoms with Crippen LogP contribution in [0.2, 0.25) is 0 Å². The second kappa shape index (κ2) is 11.1. The lowest BCUT2D eigenvalue weighted by molar-refractivity contribution is -0.137. The Morgan fingerprint density at radius 1 is 1.16 bits per heavy atom. The van der Waals surface area contributed by atoms with Gasteiger partial charge in [0.2, 0.25) is 5.91 Å². The number of anilines is 1. The molecule has 3 N–H and O–H groups in total. The maximum Gasteiger partial charge on any atom is 0.416 e. The largest absolute Gasteiger partial charge is 0.494 e. The zero-order valence-electron chi connectivity index (χ0n) is 21.4. The number of alkyl halides is 3. The van der Waals surface area contributed by atoms with E-state index in [9.17, 15) is 28.2 Å². The molecule has 0 radical (unpaired) electrons. The van der Waals surface area contributed by atoms with Gasteiger partial charge in [0.1, 0.15) is 17.5 Å². The normalized spacial score (nSPS) is 15.8. The molecule has 1 amide bonds. The van der Waals surface area contributed by atoms with Gasteiger partial charge in [0, 0.05) is 18.3 Å². The monoisotopic (exact) mass is 534 g/mol. The van der Waals surface area contributed by atoms with E-state index < -0.39 is 23.4 Å². The molecule has 0 unspecified atom stereocenters. The number of nitrogens with one attached hydrogen (secondary N) is 1. The third kappa shape index (κ3) is 7.31. The zero-order chi connectivity index (χ0) is 27.5. The van der Waals surface area contributed by atoms with Crippen LogP contribution in [0.25, 0.3) is 0 Å². The van der Waals surface area contributed by atoms with Gasteiger partial charge >= 0.3 is 6.18 Å². The fourth-order valence-electron chi connectivity index (χ4n) is 4.83. The van der Waals surface area contributed by atoms with Gasteiger partial charge in [-0.2, -0.15) is 18.3 Å². The number of aromatic nitrogens is 3. The van der Waals surface area contributed by atoms with Gasteiger partial charge < -0.3 is 24.8 Å². The quantitative estimate of drug-likeness (QED) is 0.307. The van der Waals surface area contributed by atoms with E-state index in [4.69, 9.17) is 4.74 Å². The molecule has 0 spiro atoms. The second-order valence-corrected chi connectivity index (χ2v) is 10.5. The molecule has 2 heterocycles. The number of rotatable bonds is 9. The number of hydrogen-bond acceptors (Lipinski definition) is 5. The summed E-state index contributed by atoms with van der Waals surface area (Å²) in [5.74, 6) is 0.0262. The molecule has 3 aromatic rings. The molecule has 206 valence electrons. The van der Waals surface area contributed by atoms with Crippen LogP contribution in [0.15, 0.2) is 48.8 Å². The Labute approximate surface area is 219 Å². The average molecular weight is 535 g/mol. The van der Waals surface area contributed by atoms with Crippen molar-refractivity contribution < 1.29 is 32.9 Å². The summed E-state index contributed by atoms with van der Waals surface area (Å²) in [4.78, 5) is 13.4. The molecule has 1 aliphatic carbocycles. The summed E-state index contributed by atoms with van der Waals surface area (Å²) in [6, 6.07) is 6.56. The standard InChI is InChI=1S/C27H33F3N4O4/c1-26(2,37)17-33-12-11-23(32-33)31-25(36)22(13-18-7-4-3-5-8-18)34-16-21(15-24(34)35)38-20-10-6-9-19(14-20)27(28,29)30/h6,9-12,14-16,18,22,35,37H,3-5,7-8,13,17H2,1-2H3,(H,31,32,36)/t22-/m0/s1. The van der Waals surface area contributed by atoms with Crippen molar-refractivity contribution in [2.75, 3.05) is 5.32 Å². The molecule has 0 bridgehead atoms. The van der Waals surface area contributed by atoms with Crippen molar-refractivity contribution in [3.05, 3.63) is 54.4 Å². The van der Waals surface area contributed by atoms with Crippen molar-refractivity contribution >= 4 is 11.7 Å². The number of nitrogens with zero attached hydrogens (tertiary/aromatic N) is 3. The van der Waals surface area contributed by atoms with Crippen LogP contribution in [-0.4, -0.2) is 36.1 Å². The highest BCUT2D eigenvalue weighted by molar-refractivity contribution is 5.93. The van der Waals surface area contributed by atoms with Crippen molar-refractivity contribution in [2.24, 2.45) is 5.92 Å². The summed E-state index contributed by atoms with van der Waals surface area (Å²) >= 11 is 0. The number of ether oxygens (including phenoxy) is 1. The summed E-state index contributed by atoms with van der Waals surface area (Å²) in [6.07, 6.45) is 4.27. The third-order valence-corrected chi connectivity index (χ3v) is 6.56. The van der Waals surface area contributed by atoms with Gasteiger partial charge in [0.15, 0.2) is 11.7 Å². The molecule has 1 atom stereocenters. The Bertz CT molecular complexity index is 1240. The number of benzene rings is 1. The first kappa shape index (κ1) is 27.6. The molecule has 0 aliphatic heterocycles. The fraction of sp³-hybridized carbons (Fsp3) is 0.481. The molecule has 2 aromatic heterocycles. The lowest BCUT2D eigenvalue weighted by Gasteiger charge is -2.27. The van der Waals surface area contributed by atoms with Crippen molar-refractivity contribution in [3.63, 3.8) is 0 Å². The van der Waals surface area contributed by atoms with Gasteiger partial charge in [-0.1, -0.05) is 38.2 Å². The molecule has 0 saturated heterocycles.